The second-order valence-corrected chi connectivity index (χ2v) is 8.06. The minimum Gasteiger partial charge on any atom is -0.491 e. The Hall–Kier alpha value is -4.44. The number of ether oxygens (including phenoxy) is 1. The number of methoxy groups -OCH3 is 1. The number of benzene rings is 2. The molecular weight excluding hydrogens is 464 g/mol. The highest BCUT2D eigenvalue weighted by molar-refractivity contribution is 5.92. The molecular formula is C26H23F2N7O. The molecule has 2 N–H and O–H groups in total. The molecule has 0 saturated carbocycles. The molecule has 0 aliphatic rings. The molecule has 5 aromatic rings. The summed E-state index contributed by atoms with van der Waals surface area (Å²) in [6.07, 6.45) is 4.88. The van der Waals surface area contributed by atoms with E-state index in [4.69, 9.17) is 4.74 Å². The van der Waals surface area contributed by atoms with Gasteiger partial charge in [0.2, 0.25) is 0 Å². The summed E-state index contributed by atoms with van der Waals surface area (Å²) in [6.45, 7) is 0.282. The summed E-state index contributed by atoms with van der Waals surface area (Å²) in [4.78, 5) is 13.1. The summed E-state index contributed by atoms with van der Waals surface area (Å²) < 4.78 is 36.6. The van der Waals surface area contributed by atoms with Crippen molar-refractivity contribution in [1.29, 1.82) is 0 Å². The second kappa shape index (κ2) is 10.0. The molecule has 5 rings (SSSR count). The third-order valence-electron chi connectivity index (χ3n) is 5.68. The maximum Gasteiger partial charge on any atom is 0.183 e. The van der Waals surface area contributed by atoms with Crippen molar-refractivity contribution in [1.82, 2.24) is 30.0 Å². The summed E-state index contributed by atoms with van der Waals surface area (Å²) in [7, 11) is 3.26. The van der Waals surface area contributed by atoms with E-state index in [0.717, 1.165) is 11.1 Å². The molecule has 3 aromatic heterocycles. The summed E-state index contributed by atoms with van der Waals surface area (Å²) >= 11 is 0. The van der Waals surface area contributed by atoms with Crippen molar-refractivity contribution in [2.75, 3.05) is 19.5 Å². The molecule has 8 nitrogen and oxygen atoms in total. The highest BCUT2D eigenvalue weighted by atomic mass is 19.1. The van der Waals surface area contributed by atoms with Gasteiger partial charge >= 0.3 is 0 Å². The molecule has 0 amide bonds. The van der Waals surface area contributed by atoms with Gasteiger partial charge in [0.25, 0.3) is 0 Å². The minimum atomic E-state index is -0.620. The van der Waals surface area contributed by atoms with E-state index in [0.29, 0.717) is 40.7 Å². The lowest BCUT2D eigenvalue weighted by Gasteiger charge is -2.10. The van der Waals surface area contributed by atoms with Crippen molar-refractivity contribution in [2.45, 2.75) is 13.1 Å². The normalized spacial score (nSPS) is 11.1. The van der Waals surface area contributed by atoms with Crippen molar-refractivity contribution < 1.29 is 13.5 Å². The largest absolute Gasteiger partial charge is 0.491 e. The Morgan fingerprint density at radius 3 is 2.50 bits per heavy atom. The maximum absolute atomic E-state index is 14.8. The van der Waals surface area contributed by atoms with Crippen LogP contribution in [0.4, 0.5) is 20.3 Å². The molecule has 10 heteroatoms. The molecule has 2 aromatic carbocycles. The number of para-hydroxylation sites is 1. The number of anilines is 2. The Morgan fingerprint density at radius 1 is 1.03 bits per heavy atom. The topological polar surface area (TPSA) is 89.8 Å². The molecule has 0 fully saturated rings. The van der Waals surface area contributed by atoms with Crippen LogP contribution in [0.3, 0.4) is 0 Å². The maximum atomic E-state index is 14.8. The number of aromatic nitrogens is 5. The van der Waals surface area contributed by atoms with Crippen LogP contribution >= 0.6 is 0 Å². The Morgan fingerprint density at radius 2 is 1.78 bits per heavy atom. The Labute approximate surface area is 206 Å². The monoisotopic (exact) mass is 487 g/mol. The van der Waals surface area contributed by atoms with E-state index >= 15 is 0 Å². The Bertz CT molecular complexity index is 1500. The molecule has 0 radical (unpaired) electrons. The lowest BCUT2D eigenvalue weighted by Crippen LogP contribution is -2.10. The Kier molecular flexibility index (Phi) is 6.50. The van der Waals surface area contributed by atoms with Gasteiger partial charge in [0.1, 0.15) is 17.3 Å². The van der Waals surface area contributed by atoms with Gasteiger partial charge < -0.3 is 15.4 Å². The molecule has 0 aliphatic carbocycles. The van der Waals surface area contributed by atoms with E-state index in [1.54, 1.807) is 42.5 Å². The molecule has 36 heavy (non-hydrogen) atoms. The van der Waals surface area contributed by atoms with Crippen LogP contribution in [0.5, 0.6) is 5.75 Å². The van der Waals surface area contributed by atoms with Crippen LogP contribution in [-0.4, -0.2) is 38.9 Å². The van der Waals surface area contributed by atoms with Crippen LogP contribution in [0.15, 0.2) is 67.1 Å². The first kappa shape index (κ1) is 23.3. The molecule has 0 spiro atoms. The van der Waals surface area contributed by atoms with Gasteiger partial charge in [0.05, 0.1) is 25.4 Å². The molecule has 182 valence electrons. The van der Waals surface area contributed by atoms with E-state index in [-0.39, 0.29) is 12.1 Å². The highest BCUT2D eigenvalue weighted by Crippen LogP contribution is 2.31. The van der Waals surface area contributed by atoms with E-state index in [1.165, 1.54) is 19.2 Å². The predicted octanol–water partition coefficient (Wildman–Crippen LogP) is 4.69. The number of hydrogen-bond donors (Lipinski definition) is 2. The summed E-state index contributed by atoms with van der Waals surface area (Å²) in [5.74, 6) is -0.000839. The predicted molar refractivity (Wildman–Crippen MR) is 133 cm³/mol. The molecule has 0 aliphatic heterocycles. The van der Waals surface area contributed by atoms with Crippen molar-refractivity contribution >= 4 is 22.4 Å². The zero-order valence-electron chi connectivity index (χ0n) is 19.7. The Balaban J connectivity index is 1.56. The molecule has 0 unspecified atom stereocenters. The fraction of sp³-hybridized carbons (Fsp3) is 0.154. The van der Waals surface area contributed by atoms with Gasteiger partial charge in [-0.3, -0.25) is 9.67 Å². The molecule has 0 bridgehead atoms. The number of rotatable bonds is 8. The number of fused-ring (bicyclic) bond motifs is 1. The third kappa shape index (κ3) is 4.58. The first-order chi connectivity index (χ1) is 17.6. The van der Waals surface area contributed by atoms with Crippen LogP contribution in [0, 0.1) is 11.6 Å². The summed E-state index contributed by atoms with van der Waals surface area (Å²) in [5, 5.41) is 11.5. The molecule has 3 heterocycles. The SMILES string of the molecule is CNCc1cc(F)c(Cn2nc(-c3ncc(OC)c(Nc4ccncc4)n3)c3ccccc32)c(F)c1. The fourth-order valence-electron chi connectivity index (χ4n) is 3.97. The summed E-state index contributed by atoms with van der Waals surface area (Å²) in [5.41, 5.74) is 2.43. The van der Waals surface area contributed by atoms with E-state index in [2.05, 4.69) is 30.7 Å². The fourth-order valence-corrected chi connectivity index (χ4v) is 3.97. The highest BCUT2D eigenvalue weighted by Gasteiger charge is 2.19. The number of nitrogens with one attached hydrogen (secondary N) is 2. The summed E-state index contributed by atoms with van der Waals surface area (Å²) in [6, 6.07) is 13.7. The number of halogens is 2. The number of nitrogens with zero attached hydrogens (tertiary/aromatic N) is 5. The standard InChI is InChI=1S/C26H23F2N7O/c1-29-13-16-11-20(27)19(21(28)12-16)15-35-22-6-4-3-5-18(22)24(34-35)26-31-14-23(36-2)25(33-26)32-17-7-9-30-10-8-17/h3-12,14,29H,13,15H2,1-2H3,(H,30,31,32,33). The van der Waals surface area contributed by atoms with Crippen molar-refractivity contribution in [2.24, 2.45) is 0 Å². The number of pyridine rings is 1. The van der Waals surface area contributed by atoms with Crippen LogP contribution in [-0.2, 0) is 13.1 Å². The first-order valence-corrected chi connectivity index (χ1v) is 11.2. The number of hydrogen-bond acceptors (Lipinski definition) is 7. The van der Waals surface area contributed by atoms with Crippen molar-refractivity contribution in [3.05, 3.63) is 89.9 Å². The van der Waals surface area contributed by atoms with Gasteiger partial charge in [-0.05, 0) is 42.9 Å². The average Bonchev–Trinajstić information content (AvgIpc) is 3.25. The zero-order valence-corrected chi connectivity index (χ0v) is 19.7. The van der Waals surface area contributed by atoms with Crippen LogP contribution in [0.25, 0.3) is 22.4 Å². The van der Waals surface area contributed by atoms with Gasteiger partial charge in [0.15, 0.2) is 17.4 Å². The smallest absolute Gasteiger partial charge is 0.183 e. The van der Waals surface area contributed by atoms with Crippen molar-refractivity contribution in [3.63, 3.8) is 0 Å². The lowest BCUT2D eigenvalue weighted by atomic mass is 10.1. The van der Waals surface area contributed by atoms with E-state index in [1.807, 2.05) is 24.3 Å². The third-order valence-corrected chi connectivity index (χ3v) is 5.68. The van der Waals surface area contributed by atoms with Gasteiger partial charge in [0, 0.05) is 35.6 Å². The minimum absolute atomic E-state index is 0.0645. The van der Waals surface area contributed by atoms with E-state index in [9.17, 15) is 8.78 Å². The van der Waals surface area contributed by atoms with Crippen LogP contribution < -0.4 is 15.4 Å². The average molecular weight is 488 g/mol. The second-order valence-electron chi connectivity index (χ2n) is 8.06. The van der Waals surface area contributed by atoms with Gasteiger partial charge in [-0.15, -0.1) is 0 Å². The molecule has 0 saturated heterocycles. The lowest BCUT2D eigenvalue weighted by molar-refractivity contribution is 0.413. The zero-order chi connectivity index (χ0) is 25.1. The van der Waals surface area contributed by atoms with Gasteiger partial charge in [-0.25, -0.2) is 18.7 Å². The first-order valence-electron chi connectivity index (χ1n) is 11.2. The van der Waals surface area contributed by atoms with Crippen molar-refractivity contribution in [3.8, 4) is 17.3 Å². The molecule has 0 atom stereocenters. The van der Waals surface area contributed by atoms with Crippen LogP contribution in [0.2, 0.25) is 0 Å². The van der Waals surface area contributed by atoms with E-state index < -0.39 is 11.6 Å². The van der Waals surface area contributed by atoms with Gasteiger partial charge in [-0.2, -0.15) is 5.10 Å². The quantitative estimate of drug-likeness (QED) is 0.328. The van der Waals surface area contributed by atoms with Crippen LogP contribution in [0.1, 0.15) is 11.1 Å². The van der Waals surface area contributed by atoms with Gasteiger partial charge in [-0.1, -0.05) is 18.2 Å².